The predicted octanol–water partition coefficient (Wildman–Crippen LogP) is 2.02. The van der Waals surface area contributed by atoms with Crippen molar-refractivity contribution in [3.63, 3.8) is 0 Å². The Hall–Kier alpha value is -1.09. The van der Waals surface area contributed by atoms with Crippen LogP contribution < -0.4 is 10.6 Å². The van der Waals surface area contributed by atoms with E-state index in [0.29, 0.717) is 6.54 Å². The summed E-state index contributed by atoms with van der Waals surface area (Å²) in [6.07, 6.45) is 5.02. The second kappa shape index (κ2) is 4.83. The zero-order valence-electron chi connectivity index (χ0n) is 10.2. The summed E-state index contributed by atoms with van der Waals surface area (Å²) in [6, 6.07) is 2.09. The van der Waals surface area contributed by atoms with E-state index in [0.717, 1.165) is 30.5 Å². The monoisotopic (exact) mass is 219 g/mol. The molecule has 0 amide bonds. The fraction of sp³-hybridized carbons (Fsp3) is 0.615. The maximum Gasteiger partial charge on any atom is 0.0442 e. The molecule has 0 radical (unpaired) electrons. The lowest BCUT2D eigenvalue weighted by Crippen LogP contribution is -2.39. The van der Waals surface area contributed by atoms with Crippen LogP contribution in [0.5, 0.6) is 0 Å². The third-order valence-electron chi connectivity index (χ3n) is 3.77. The van der Waals surface area contributed by atoms with Crippen molar-refractivity contribution in [2.45, 2.75) is 26.8 Å². The van der Waals surface area contributed by atoms with Crippen molar-refractivity contribution in [3.05, 3.63) is 24.0 Å². The maximum atomic E-state index is 5.75. The van der Waals surface area contributed by atoms with Gasteiger partial charge in [-0.15, -0.1) is 0 Å². The van der Waals surface area contributed by atoms with Crippen molar-refractivity contribution in [2.75, 3.05) is 18.0 Å². The van der Waals surface area contributed by atoms with Crippen LogP contribution in [0.4, 0.5) is 5.69 Å². The number of piperidine rings is 1. The minimum absolute atomic E-state index is 0.573. The molecule has 0 aromatic carbocycles. The normalized spacial score (nSPS) is 25.8. The fourth-order valence-electron chi connectivity index (χ4n) is 2.37. The minimum Gasteiger partial charge on any atom is -0.371 e. The summed E-state index contributed by atoms with van der Waals surface area (Å²) in [5, 5.41) is 0. The molecule has 2 atom stereocenters. The number of nitrogens with two attached hydrogens (primary N) is 1. The van der Waals surface area contributed by atoms with Crippen molar-refractivity contribution >= 4 is 5.69 Å². The van der Waals surface area contributed by atoms with E-state index in [4.69, 9.17) is 5.73 Å². The van der Waals surface area contributed by atoms with Gasteiger partial charge < -0.3 is 10.6 Å². The largest absolute Gasteiger partial charge is 0.371 e. The number of nitrogens with zero attached hydrogens (tertiary/aromatic N) is 2. The molecule has 16 heavy (non-hydrogen) atoms. The first kappa shape index (κ1) is 11.4. The van der Waals surface area contributed by atoms with Gasteiger partial charge in [0, 0.05) is 43.3 Å². The van der Waals surface area contributed by atoms with E-state index < -0.39 is 0 Å². The Labute approximate surface area is 97.7 Å². The average molecular weight is 219 g/mol. The first-order valence-electron chi connectivity index (χ1n) is 6.10. The van der Waals surface area contributed by atoms with Crippen LogP contribution >= 0.6 is 0 Å². The number of hydrogen-bond acceptors (Lipinski definition) is 3. The second-order valence-electron chi connectivity index (χ2n) is 4.90. The van der Waals surface area contributed by atoms with Gasteiger partial charge >= 0.3 is 0 Å². The Morgan fingerprint density at radius 3 is 2.94 bits per heavy atom. The molecule has 88 valence electrons. The van der Waals surface area contributed by atoms with Gasteiger partial charge in [-0.3, -0.25) is 4.98 Å². The number of pyridine rings is 1. The lowest BCUT2D eigenvalue weighted by molar-refractivity contribution is 0.323. The molecule has 1 saturated heterocycles. The lowest BCUT2D eigenvalue weighted by Gasteiger charge is -2.37. The Morgan fingerprint density at radius 2 is 2.25 bits per heavy atom. The van der Waals surface area contributed by atoms with Crippen LogP contribution in [0.1, 0.15) is 25.8 Å². The van der Waals surface area contributed by atoms with Gasteiger partial charge in [0.05, 0.1) is 0 Å². The number of aromatic nitrogens is 1. The Balaban J connectivity index is 2.18. The van der Waals surface area contributed by atoms with Crippen molar-refractivity contribution in [2.24, 2.45) is 17.6 Å². The summed E-state index contributed by atoms with van der Waals surface area (Å²) in [5.41, 5.74) is 8.18. The number of hydrogen-bond donors (Lipinski definition) is 1. The first-order chi connectivity index (χ1) is 7.72. The molecular weight excluding hydrogens is 198 g/mol. The lowest BCUT2D eigenvalue weighted by atomic mass is 9.88. The summed E-state index contributed by atoms with van der Waals surface area (Å²) in [5.74, 6) is 1.59. The van der Waals surface area contributed by atoms with E-state index in [1.807, 2.05) is 12.4 Å². The Bertz CT molecular complexity index is 351. The molecule has 0 spiro atoms. The molecule has 1 aromatic heterocycles. The van der Waals surface area contributed by atoms with Gasteiger partial charge in [0.15, 0.2) is 0 Å². The standard InChI is InChI=1S/C13H21N3/c1-10-4-6-16(9-11(10)2)13-3-5-15-8-12(13)7-14/h3,5,8,10-11H,4,6-7,9,14H2,1-2H3. The van der Waals surface area contributed by atoms with E-state index in [-0.39, 0.29) is 0 Å². The molecule has 3 nitrogen and oxygen atoms in total. The van der Waals surface area contributed by atoms with E-state index >= 15 is 0 Å². The highest BCUT2D eigenvalue weighted by Crippen LogP contribution is 2.28. The highest BCUT2D eigenvalue weighted by atomic mass is 15.1. The Kier molecular flexibility index (Phi) is 3.44. The van der Waals surface area contributed by atoms with Gasteiger partial charge in [-0.05, 0) is 24.3 Å². The van der Waals surface area contributed by atoms with Gasteiger partial charge in [-0.25, -0.2) is 0 Å². The van der Waals surface area contributed by atoms with Gasteiger partial charge in [0.25, 0.3) is 0 Å². The Morgan fingerprint density at radius 1 is 1.44 bits per heavy atom. The van der Waals surface area contributed by atoms with Crippen LogP contribution in [0.3, 0.4) is 0 Å². The first-order valence-corrected chi connectivity index (χ1v) is 6.10. The minimum atomic E-state index is 0.573. The highest BCUT2D eigenvalue weighted by molar-refractivity contribution is 5.52. The quantitative estimate of drug-likeness (QED) is 0.827. The number of anilines is 1. The summed E-state index contributed by atoms with van der Waals surface area (Å²) < 4.78 is 0. The SMILES string of the molecule is CC1CCN(c2ccncc2CN)CC1C. The molecule has 2 unspecified atom stereocenters. The fourth-order valence-corrected chi connectivity index (χ4v) is 2.37. The molecule has 0 aliphatic carbocycles. The number of rotatable bonds is 2. The van der Waals surface area contributed by atoms with Crippen LogP contribution in [0, 0.1) is 11.8 Å². The van der Waals surface area contributed by atoms with E-state index in [9.17, 15) is 0 Å². The molecule has 0 saturated carbocycles. The van der Waals surface area contributed by atoms with E-state index in [1.165, 1.54) is 12.1 Å². The summed E-state index contributed by atoms with van der Waals surface area (Å²) >= 11 is 0. The van der Waals surface area contributed by atoms with Gasteiger partial charge in [0.1, 0.15) is 0 Å². The molecule has 2 rings (SSSR count). The zero-order chi connectivity index (χ0) is 11.5. The summed E-state index contributed by atoms with van der Waals surface area (Å²) in [6.45, 7) is 7.53. The van der Waals surface area contributed by atoms with Crippen LogP contribution in [0.15, 0.2) is 18.5 Å². The highest BCUT2D eigenvalue weighted by Gasteiger charge is 2.23. The van der Waals surface area contributed by atoms with Crippen molar-refractivity contribution in [1.29, 1.82) is 0 Å². The molecule has 1 fully saturated rings. The van der Waals surface area contributed by atoms with E-state index in [1.54, 1.807) is 0 Å². The van der Waals surface area contributed by atoms with Crippen LogP contribution in [-0.4, -0.2) is 18.1 Å². The maximum absolute atomic E-state index is 5.75. The zero-order valence-corrected chi connectivity index (χ0v) is 10.2. The van der Waals surface area contributed by atoms with E-state index in [2.05, 4.69) is 29.8 Å². The topological polar surface area (TPSA) is 42.2 Å². The molecule has 0 bridgehead atoms. The molecule has 3 heteroatoms. The van der Waals surface area contributed by atoms with Gasteiger partial charge in [-0.1, -0.05) is 13.8 Å². The second-order valence-corrected chi connectivity index (χ2v) is 4.90. The molecular formula is C13H21N3. The molecule has 2 N–H and O–H groups in total. The predicted molar refractivity (Wildman–Crippen MR) is 67.3 cm³/mol. The third-order valence-corrected chi connectivity index (χ3v) is 3.77. The molecule has 1 aromatic rings. The van der Waals surface area contributed by atoms with Crippen LogP contribution in [0.2, 0.25) is 0 Å². The summed E-state index contributed by atoms with van der Waals surface area (Å²) in [4.78, 5) is 6.59. The van der Waals surface area contributed by atoms with Crippen molar-refractivity contribution in [1.82, 2.24) is 4.98 Å². The smallest absolute Gasteiger partial charge is 0.0442 e. The molecule has 1 aliphatic rings. The van der Waals surface area contributed by atoms with Gasteiger partial charge in [0.2, 0.25) is 0 Å². The third kappa shape index (κ3) is 2.19. The summed E-state index contributed by atoms with van der Waals surface area (Å²) in [7, 11) is 0. The average Bonchev–Trinajstić information content (AvgIpc) is 2.32. The van der Waals surface area contributed by atoms with Crippen molar-refractivity contribution < 1.29 is 0 Å². The van der Waals surface area contributed by atoms with Crippen LogP contribution in [-0.2, 0) is 6.54 Å². The molecule has 1 aliphatic heterocycles. The molecule has 2 heterocycles. The van der Waals surface area contributed by atoms with Gasteiger partial charge in [-0.2, -0.15) is 0 Å². The van der Waals surface area contributed by atoms with Crippen molar-refractivity contribution in [3.8, 4) is 0 Å². The van der Waals surface area contributed by atoms with Crippen LogP contribution in [0.25, 0.3) is 0 Å².